The summed E-state index contributed by atoms with van der Waals surface area (Å²) in [6.07, 6.45) is -1.89. The summed E-state index contributed by atoms with van der Waals surface area (Å²) in [5.41, 5.74) is -1.82. The van der Waals surface area contributed by atoms with E-state index >= 15 is 0 Å². The molecule has 0 fully saturated rings. The summed E-state index contributed by atoms with van der Waals surface area (Å²) in [5, 5.41) is 18.8. The van der Waals surface area contributed by atoms with Crippen molar-refractivity contribution in [3.8, 4) is 0 Å². The van der Waals surface area contributed by atoms with Gasteiger partial charge in [0.1, 0.15) is 5.69 Å². The maximum absolute atomic E-state index is 12.9. The van der Waals surface area contributed by atoms with E-state index in [1.807, 2.05) is 0 Å². The van der Waals surface area contributed by atoms with Crippen LogP contribution in [0.5, 0.6) is 0 Å². The zero-order valence-corrected chi connectivity index (χ0v) is 14.4. The number of nitro benzene ring substituents is 1. The lowest BCUT2D eigenvalue weighted by atomic mass is 10.1. The molecule has 0 spiro atoms. The molecule has 0 saturated carbocycles. The second-order valence-electron chi connectivity index (χ2n) is 5.69. The number of halogens is 3. The van der Waals surface area contributed by atoms with E-state index in [1.165, 1.54) is 10.9 Å². The molecule has 13 heteroatoms. The van der Waals surface area contributed by atoms with Gasteiger partial charge in [0.15, 0.2) is 0 Å². The Labute approximate surface area is 160 Å². The van der Waals surface area contributed by atoms with Gasteiger partial charge in [-0.3, -0.25) is 24.9 Å². The van der Waals surface area contributed by atoms with Crippen LogP contribution in [0.3, 0.4) is 0 Å². The second-order valence-corrected chi connectivity index (χ2v) is 5.69. The van der Waals surface area contributed by atoms with Gasteiger partial charge in [0.25, 0.3) is 11.9 Å². The largest absolute Gasteiger partial charge is 0.416 e. The number of hydrogen-bond donors (Lipinski definition) is 2. The molecule has 1 aromatic carbocycles. The summed E-state index contributed by atoms with van der Waals surface area (Å²) in [7, 11) is 0. The Morgan fingerprint density at radius 3 is 2.69 bits per heavy atom. The number of hydrogen-bond acceptors (Lipinski definition) is 6. The highest BCUT2D eigenvalue weighted by Crippen LogP contribution is 2.34. The molecule has 0 saturated heterocycles. The molecule has 2 aromatic heterocycles. The zero-order valence-electron chi connectivity index (χ0n) is 14.4. The van der Waals surface area contributed by atoms with Crippen molar-refractivity contribution >= 4 is 23.3 Å². The molecule has 10 nitrogen and oxygen atoms in total. The number of non-ortho nitro benzene ring substituents is 1. The minimum atomic E-state index is -4.82. The van der Waals surface area contributed by atoms with E-state index in [4.69, 9.17) is 4.52 Å². The number of pyridine rings is 1. The predicted molar refractivity (Wildman–Crippen MR) is 90.8 cm³/mol. The normalized spacial score (nSPS) is 11.1. The fourth-order valence-electron chi connectivity index (χ4n) is 2.29. The number of nitro groups is 1. The minimum absolute atomic E-state index is 0.0973. The van der Waals surface area contributed by atoms with Crippen molar-refractivity contribution in [2.45, 2.75) is 12.7 Å². The molecule has 3 rings (SSSR count). The molecule has 0 bridgehead atoms. The van der Waals surface area contributed by atoms with Gasteiger partial charge < -0.3 is 5.32 Å². The average molecular weight is 409 g/mol. The number of rotatable bonds is 5. The standard InChI is InChI=1S/C16H11F3N6O4/c17-16(18,19)10-5-12(7-13(6-10)25(27)28)21-15(26)22-14-9-24(23-29-14)8-11-3-1-2-4-20-11/h1-7,9H,8H2,(H-,21,22,23,26)/p+1. The van der Waals surface area contributed by atoms with Crippen molar-refractivity contribution in [1.29, 1.82) is 0 Å². The molecule has 0 aliphatic rings. The van der Waals surface area contributed by atoms with E-state index in [9.17, 15) is 28.1 Å². The summed E-state index contributed by atoms with van der Waals surface area (Å²) in [4.78, 5) is 26.0. The van der Waals surface area contributed by atoms with Crippen LogP contribution in [0.25, 0.3) is 0 Å². The van der Waals surface area contributed by atoms with E-state index in [-0.39, 0.29) is 12.4 Å². The molecule has 0 atom stereocenters. The lowest BCUT2D eigenvalue weighted by Gasteiger charge is -2.10. The Balaban J connectivity index is 1.69. The first-order chi connectivity index (χ1) is 13.7. The lowest BCUT2D eigenvalue weighted by molar-refractivity contribution is -0.755. The number of anilines is 2. The summed E-state index contributed by atoms with van der Waals surface area (Å²) in [6.45, 7) is 0.257. The number of nitrogens with one attached hydrogen (secondary N) is 2. The van der Waals surface area contributed by atoms with E-state index in [0.29, 0.717) is 17.8 Å². The molecule has 0 aliphatic heterocycles. The molecule has 3 aromatic rings. The summed E-state index contributed by atoms with van der Waals surface area (Å²) >= 11 is 0. The lowest BCUT2D eigenvalue weighted by Crippen LogP contribution is -2.35. The van der Waals surface area contributed by atoms with Gasteiger partial charge in [0, 0.05) is 24.0 Å². The average Bonchev–Trinajstić information content (AvgIpc) is 3.08. The van der Waals surface area contributed by atoms with Crippen molar-refractivity contribution in [3.63, 3.8) is 0 Å². The highest BCUT2D eigenvalue weighted by molar-refractivity contribution is 5.99. The fourth-order valence-corrected chi connectivity index (χ4v) is 2.29. The van der Waals surface area contributed by atoms with Crippen molar-refractivity contribution in [2.24, 2.45) is 0 Å². The number of amides is 2. The third-order valence-corrected chi connectivity index (χ3v) is 3.51. The number of alkyl halides is 3. The zero-order chi connectivity index (χ0) is 21.0. The molecular formula is C16H12F3N6O4+. The molecule has 150 valence electrons. The first kappa shape index (κ1) is 19.7. The monoisotopic (exact) mass is 409 g/mol. The number of urea groups is 1. The van der Waals surface area contributed by atoms with Gasteiger partial charge in [0.05, 0.1) is 10.5 Å². The first-order valence-corrected chi connectivity index (χ1v) is 7.92. The number of carbonyl (C=O) groups is 1. The maximum atomic E-state index is 12.9. The van der Waals surface area contributed by atoms with Crippen LogP contribution < -0.4 is 15.3 Å². The fraction of sp³-hybridized carbons (Fsp3) is 0.125. The second kappa shape index (κ2) is 7.92. The van der Waals surface area contributed by atoms with Crippen LogP contribution in [0.15, 0.2) is 53.3 Å². The third kappa shape index (κ3) is 5.24. The molecule has 29 heavy (non-hydrogen) atoms. The van der Waals surface area contributed by atoms with E-state index in [0.717, 1.165) is 6.07 Å². The van der Waals surface area contributed by atoms with Crippen LogP contribution in [0.2, 0.25) is 0 Å². The number of nitrogens with zero attached hydrogens (tertiary/aromatic N) is 4. The Morgan fingerprint density at radius 1 is 1.24 bits per heavy atom. The van der Waals surface area contributed by atoms with Crippen LogP contribution in [0.4, 0.5) is 35.2 Å². The molecule has 2 N–H and O–H groups in total. The minimum Gasteiger partial charge on any atom is -0.307 e. The highest BCUT2D eigenvalue weighted by atomic mass is 19.4. The Kier molecular flexibility index (Phi) is 5.38. The van der Waals surface area contributed by atoms with E-state index < -0.39 is 34.1 Å². The molecule has 0 radical (unpaired) electrons. The number of aromatic nitrogens is 3. The van der Waals surface area contributed by atoms with Crippen molar-refractivity contribution < 1.29 is 32.1 Å². The number of benzene rings is 1. The number of carbonyl (C=O) groups excluding carboxylic acids is 1. The van der Waals surface area contributed by atoms with Crippen molar-refractivity contribution in [3.05, 3.63) is 70.2 Å². The van der Waals surface area contributed by atoms with E-state index in [2.05, 4.69) is 20.9 Å². The summed E-state index contributed by atoms with van der Waals surface area (Å²) < 4.78 is 44.9. The molecule has 2 amide bonds. The highest BCUT2D eigenvalue weighted by Gasteiger charge is 2.33. The van der Waals surface area contributed by atoms with Crippen molar-refractivity contribution in [2.75, 3.05) is 10.6 Å². The van der Waals surface area contributed by atoms with Crippen LogP contribution in [0.1, 0.15) is 11.3 Å². The summed E-state index contributed by atoms with van der Waals surface area (Å²) in [6, 6.07) is 6.06. The predicted octanol–water partition coefficient (Wildman–Crippen LogP) is 2.98. The van der Waals surface area contributed by atoms with Gasteiger partial charge in [-0.2, -0.15) is 13.2 Å². The molecular weight excluding hydrogens is 397 g/mol. The smallest absolute Gasteiger partial charge is 0.307 e. The van der Waals surface area contributed by atoms with Crippen LogP contribution in [0, 0.1) is 10.1 Å². The Morgan fingerprint density at radius 2 is 2.03 bits per heavy atom. The molecule has 0 aliphatic carbocycles. The van der Waals surface area contributed by atoms with Gasteiger partial charge in [-0.25, -0.2) is 4.79 Å². The third-order valence-electron chi connectivity index (χ3n) is 3.51. The van der Waals surface area contributed by atoms with Gasteiger partial charge in [-0.1, -0.05) is 6.07 Å². The SMILES string of the molecule is O=C(Nc1cc([N+](=O)[O-])cc(C(F)(F)F)c1)Nc1c[n+](Cc2ccccn2)no1. The van der Waals surface area contributed by atoms with Gasteiger partial charge in [-0.15, -0.1) is 0 Å². The van der Waals surface area contributed by atoms with Gasteiger partial charge in [0.2, 0.25) is 11.8 Å². The van der Waals surface area contributed by atoms with Gasteiger partial charge >= 0.3 is 18.1 Å². The Hall–Kier alpha value is -4.03. The topological polar surface area (TPSA) is 127 Å². The van der Waals surface area contributed by atoms with Crippen molar-refractivity contribution in [1.82, 2.24) is 10.3 Å². The van der Waals surface area contributed by atoms with Gasteiger partial charge in [-0.05, 0) is 22.9 Å². The molecule has 0 unspecified atom stereocenters. The first-order valence-electron chi connectivity index (χ1n) is 7.92. The Bertz CT molecular complexity index is 1040. The van der Waals surface area contributed by atoms with E-state index in [1.54, 1.807) is 24.4 Å². The molecule has 2 heterocycles. The summed E-state index contributed by atoms with van der Waals surface area (Å²) in [5.74, 6) is -0.0973. The van der Waals surface area contributed by atoms with Crippen LogP contribution in [-0.4, -0.2) is 21.2 Å². The maximum Gasteiger partial charge on any atom is 0.416 e. The van der Waals surface area contributed by atoms with Crippen LogP contribution >= 0.6 is 0 Å². The quantitative estimate of drug-likeness (QED) is 0.379. The van der Waals surface area contributed by atoms with Crippen LogP contribution in [-0.2, 0) is 12.7 Å².